The van der Waals surface area contributed by atoms with E-state index in [1.807, 2.05) is 0 Å². The Labute approximate surface area is 119 Å². The smallest absolute Gasteiger partial charge is 0.383 e. The summed E-state index contributed by atoms with van der Waals surface area (Å²) in [6.45, 7) is 3.60. The third-order valence-electron chi connectivity index (χ3n) is 2.62. The number of alkyl halides is 4. The van der Waals surface area contributed by atoms with Crippen molar-refractivity contribution in [3.8, 4) is 5.75 Å². The topological polar surface area (TPSA) is 29.5 Å². The van der Waals surface area contributed by atoms with Gasteiger partial charge in [0.15, 0.2) is 0 Å². The van der Waals surface area contributed by atoms with Gasteiger partial charge < -0.3 is 9.64 Å². The first-order valence-electron chi connectivity index (χ1n) is 6.03. The molecular weight excluding hydrogens is 290 g/mol. The van der Waals surface area contributed by atoms with Crippen LogP contribution in [-0.4, -0.2) is 36.8 Å². The Balaban J connectivity index is 2.68. The molecule has 116 valence electrons. The quantitative estimate of drug-likeness (QED) is 0.572. The van der Waals surface area contributed by atoms with Gasteiger partial charge in [-0.15, -0.1) is 0 Å². The van der Waals surface area contributed by atoms with E-state index in [9.17, 15) is 22.4 Å². The molecule has 0 saturated heterocycles. The molecule has 0 unspecified atom stereocenters. The molecule has 0 radical (unpaired) electrons. The Kier molecular flexibility index (Phi) is 5.75. The van der Waals surface area contributed by atoms with Crippen molar-refractivity contribution in [3.63, 3.8) is 0 Å². The van der Waals surface area contributed by atoms with E-state index in [-0.39, 0.29) is 6.54 Å². The predicted molar refractivity (Wildman–Crippen MR) is 69.6 cm³/mol. The third-order valence-corrected chi connectivity index (χ3v) is 2.62. The molecule has 0 N–H and O–H groups in total. The van der Waals surface area contributed by atoms with Crippen molar-refractivity contribution in [2.45, 2.75) is 18.9 Å². The summed E-state index contributed by atoms with van der Waals surface area (Å²) in [5.74, 6) is -6.04. The lowest BCUT2D eigenvalue weighted by molar-refractivity contribution is -0.179. The van der Waals surface area contributed by atoms with Gasteiger partial charge in [0.2, 0.25) is 0 Å². The number of halogens is 4. The summed E-state index contributed by atoms with van der Waals surface area (Å²) in [5.41, 5.74) is 0.516. The minimum Gasteiger partial charge on any atom is -0.490 e. The van der Waals surface area contributed by atoms with E-state index in [1.54, 1.807) is 30.3 Å². The van der Waals surface area contributed by atoms with Gasteiger partial charge in [0.05, 0.1) is 0 Å². The number of ether oxygens (including phenoxy) is 1. The first-order valence-corrected chi connectivity index (χ1v) is 6.03. The monoisotopic (exact) mass is 305 g/mol. The fraction of sp³-hybridized carbons (Fsp3) is 0.357. The molecule has 0 spiro atoms. The van der Waals surface area contributed by atoms with Crippen molar-refractivity contribution in [3.05, 3.63) is 42.5 Å². The highest BCUT2D eigenvalue weighted by molar-refractivity contribution is 5.83. The molecule has 1 amide bonds. The van der Waals surface area contributed by atoms with Crippen LogP contribution < -0.4 is 4.74 Å². The lowest BCUT2D eigenvalue weighted by Crippen LogP contribution is -2.45. The summed E-state index contributed by atoms with van der Waals surface area (Å²) >= 11 is 0. The van der Waals surface area contributed by atoms with Gasteiger partial charge in [0.25, 0.3) is 5.91 Å². The first kappa shape index (κ1) is 17.0. The largest absolute Gasteiger partial charge is 0.490 e. The van der Waals surface area contributed by atoms with Crippen molar-refractivity contribution >= 4 is 5.91 Å². The number of amides is 1. The standard InChI is InChI=1S/C14H15F4NO2/c1-3-8-21-11-6-4-10(5-7-11)9-19(2)13(20)14(17,18)12(15)16/h3-7,12H,1,8-9H2,2H3. The number of nitrogens with zero attached hydrogens (tertiary/aromatic N) is 1. The first-order chi connectivity index (χ1) is 9.78. The molecule has 21 heavy (non-hydrogen) atoms. The number of carbonyl (C=O) groups is 1. The van der Waals surface area contributed by atoms with Crippen molar-refractivity contribution in [2.75, 3.05) is 13.7 Å². The van der Waals surface area contributed by atoms with Gasteiger partial charge in [0, 0.05) is 13.6 Å². The number of carbonyl (C=O) groups excluding carboxylic acids is 1. The average Bonchev–Trinajstić information content (AvgIpc) is 2.45. The molecule has 0 saturated carbocycles. The number of rotatable bonds is 7. The van der Waals surface area contributed by atoms with E-state index < -0.39 is 18.3 Å². The Morgan fingerprint density at radius 3 is 2.43 bits per heavy atom. The minimum atomic E-state index is -4.68. The summed E-state index contributed by atoms with van der Waals surface area (Å²) < 4.78 is 55.3. The summed E-state index contributed by atoms with van der Waals surface area (Å²) in [6.07, 6.45) is -2.46. The van der Waals surface area contributed by atoms with E-state index in [0.717, 1.165) is 7.05 Å². The maximum absolute atomic E-state index is 12.9. The highest BCUT2D eigenvalue weighted by Gasteiger charge is 2.50. The Morgan fingerprint density at radius 1 is 1.38 bits per heavy atom. The van der Waals surface area contributed by atoms with Crippen LogP contribution in [0.25, 0.3) is 0 Å². The molecular formula is C14H15F4NO2. The van der Waals surface area contributed by atoms with E-state index in [2.05, 4.69) is 6.58 Å². The van der Waals surface area contributed by atoms with Crippen LogP contribution in [-0.2, 0) is 11.3 Å². The van der Waals surface area contributed by atoms with E-state index in [4.69, 9.17) is 4.74 Å². The minimum absolute atomic E-state index is 0.205. The second-order valence-electron chi connectivity index (χ2n) is 4.33. The average molecular weight is 305 g/mol. The van der Waals surface area contributed by atoms with E-state index in [0.29, 0.717) is 22.8 Å². The maximum atomic E-state index is 12.9. The zero-order valence-electron chi connectivity index (χ0n) is 11.4. The molecule has 3 nitrogen and oxygen atoms in total. The molecule has 0 atom stereocenters. The zero-order chi connectivity index (χ0) is 16.0. The van der Waals surface area contributed by atoms with Crippen molar-refractivity contribution < 1.29 is 27.1 Å². The van der Waals surface area contributed by atoms with Gasteiger partial charge in [0.1, 0.15) is 12.4 Å². The van der Waals surface area contributed by atoms with Gasteiger partial charge in [-0.3, -0.25) is 4.79 Å². The highest BCUT2D eigenvalue weighted by Crippen LogP contribution is 2.25. The molecule has 0 aliphatic rings. The summed E-state index contributed by atoms with van der Waals surface area (Å²) in [6, 6.07) is 6.29. The lowest BCUT2D eigenvalue weighted by atomic mass is 10.2. The van der Waals surface area contributed by atoms with Crippen molar-refractivity contribution in [2.24, 2.45) is 0 Å². The van der Waals surface area contributed by atoms with Crippen LogP contribution in [0.5, 0.6) is 5.75 Å². The van der Waals surface area contributed by atoms with Crippen molar-refractivity contribution in [1.82, 2.24) is 4.90 Å². The molecule has 0 fully saturated rings. The molecule has 1 rings (SSSR count). The Hall–Kier alpha value is -2.05. The molecule has 0 aliphatic heterocycles. The molecule has 1 aromatic carbocycles. The number of hydrogen-bond acceptors (Lipinski definition) is 2. The highest BCUT2D eigenvalue weighted by atomic mass is 19.3. The zero-order valence-corrected chi connectivity index (χ0v) is 11.4. The third kappa shape index (κ3) is 4.47. The number of hydrogen-bond donors (Lipinski definition) is 0. The summed E-state index contributed by atoms with van der Waals surface area (Å²) in [7, 11) is 1.04. The maximum Gasteiger partial charge on any atom is 0.383 e. The lowest BCUT2D eigenvalue weighted by Gasteiger charge is -2.22. The van der Waals surface area contributed by atoms with E-state index >= 15 is 0 Å². The molecule has 7 heteroatoms. The SMILES string of the molecule is C=CCOc1ccc(CN(C)C(=O)C(F)(F)C(F)F)cc1. The van der Waals surface area contributed by atoms with Crippen LogP contribution in [0.2, 0.25) is 0 Å². The van der Waals surface area contributed by atoms with Gasteiger partial charge >= 0.3 is 12.3 Å². The second-order valence-corrected chi connectivity index (χ2v) is 4.33. The van der Waals surface area contributed by atoms with Crippen LogP contribution in [0.1, 0.15) is 5.56 Å². The predicted octanol–water partition coefficient (Wildman–Crippen LogP) is 3.11. The van der Waals surface area contributed by atoms with Gasteiger partial charge in [-0.2, -0.15) is 8.78 Å². The van der Waals surface area contributed by atoms with Crippen LogP contribution in [0.4, 0.5) is 17.6 Å². The van der Waals surface area contributed by atoms with Crippen LogP contribution in [0, 0.1) is 0 Å². The van der Waals surface area contributed by atoms with Crippen LogP contribution in [0.3, 0.4) is 0 Å². The van der Waals surface area contributed by atoms with Crippen LogP contribution >= 0.6 is 0 Å². The van der Waals surface area contributed by atoms with Gasteiger partial charge in [-0.25, -0.2) is 8.78 Å². The van der Waals surface area contributed by atoms with Crippen molar-refractivity contribution in [1.29, 1.82) is 0 Å². The fourth-order valence-electron chi connectivity index (χ4n) is 1.54. The summed E-state index contributed by atoms with van der Waals surface area (Å²) in [5, 5.41) is 0. The van der Waals surface area contributed by atoms with Crippen LogP contribution in [0.15, 0.2) is 36.9 Å². The Morgan fingerprint density at radius 2 is 1.95 bits per heavy atom. The second kappa shape index (κ2) is 7.10. The molecule has 0 heterocycles. The molecule has 1 aromatic rings. The van der Waals surface area contributed by atoms with Gasteiger partial charge in [-0.05, 0) is 17.7 Å². The van der Waals surface area contributed by atoms with E-state index in [1.165, 1.54) is 0 Å². The normalized spacial score (nSPS) is 11.3. The Bertz CT molecular complexity index is 488. The molecule has 0 aromatic heterocycles. The molecule has 0 bridgehead atoms. The molecule has 0 aliphatic carbocycles. The number of benzene rings is 1. The van der Waals surface area contributed by atoms with Gasteiger partial charge in [-0.1, -0.05) is 24.8 Å². The summed E-state index contributed by atoms with van der Waals surface area (Å²) in [4.78, 5) is 11.8. The fourth-order valence-corrected chi connectivity index (χ4v) is 1.54.